The van der Waals surface area contributed by atoms with Crippen LogP contribution in [0.15, 0.2) is 59.6 Å². The molecule has 1 aliphatic rings. The number of nitrogens with zero attached hydrogens (tertiary/aromatic N) is 3. The van der Waals surface area contributed by atoms with Gasteiger partial charge in [0.1, 0.15) is 22.8 Å². The number of nitrogens with two attached hydrogens (primary N) is 1. The quantitative estimate of drug-likeness (QED) is 0.265. The van der Waals surface area contributed by atoms with Crippen LogP contribution < -0.4 is 20.5 Å². The van der Waals surface area contributed by atoms with E-state index in [1.165, 1.54) is 0 Å². The van der Waals surface area contributed by atoms with Gasteiger partial charge in [-0.1, -0.05) is 0 Å². The van der Waals surface area contributed by atoms with Crippen LogP contribution in [0.2, 0.25) is 0 Å². The summed E-state index contributed by atoms with van der Waals surface area (Å²) < 4.78 is 27.0. The van der Waals surface area contributed by atoms with Gasteiger partial charge in [0.15, 0.2) is 0 Å². The largest absolute Gasteiger partial charge is 0.488 e. The third-order valence-corrected chi connectivity index (χ3v) is 6.93. The molecule has 1 aliphatic heterocycles. The second kappa shape index (κ2) is 12.8. The smallest absolute Gasteiger partial charge is 0.227 e. The van der Waals surface area contributed by atoms with E-state index >= 15 is 0 Å². The Morgan fingerprint density at radius 3 is 2.64 bits per heavy atom. The van der Waals surface area contributed by atoms with Crippen molar-refractivity contribution in [2.24, 2.45) is 0 Å². The van der Waals surface area contributed by atoms with Crippen LogP contribution in [0.25, 0.3) is 11.3 Å². The molecule has 1 aromatic heterocycles. The number of rotatable bonds is 11. The fourth-order valence-electron chi connectivity index (χ4n) is 3.80. The van der Waals surface area contributed by atoms with Crippen molar-refractivity contribution in [3.8, 4) is 17.0 Å². The molecule has 0 aliphatic carbocycles. The molecule has 0 saturated carbocycles. The second-order valence-electron chi connectivity index (χ2n) is 8.92. The van der Waals surface area contributed by atoms with Crippen molar-refractivity contribution >= 4 is 28.3 Å². The lowest BCUT2D eigenvalue weighted by Gasteiger charge is -2.24. The Bertz CT molecular complexity index is 1150. The maximum atomic E-state index is 12.4. The van der Waals surface area contributed by atoms with Gasteiger partial charge < -0.3 is 25.4 Å². The molecule has 0 amide bonds. The van der Waals surface area contributed by atoms with Crippen LogP contribution in [0, 0.1) is 0 Å². The summed E-state index contributed by atoms with van der Waals surface area (Å²) in [5.74, 6) is 1.15. The molecule has 0 bridgehead atoms. The average Bonchev–Trinajstić information content (AvgIpc) is 2.89. The van der Waals surface area contributed by atoms with E-state index < -0.39 is 11.0 Å². The van der Waals surface area contributed by atoms with E-state index in [9.17, 15) is 4.21 Å². The third kappa shape index (κ3) is 7.47. The minimum absolute atomic E-state index is 0.129. The Morgan fingerprint density at radius 2 is 1.92 bits per heavy atom. The van der Waals surface area contributed by atoms with Gasteiger partial charge in [-0.15, -0.1) is 0 Å². The van der Waals surface area contributed by atoms with E-state index in [1.54, 1.807) is 6.20 Å². The highest BCUT2D eigenvalue weighted by Crippen LogP contribution is 2.30. The molecule has 2 aromatic carbocycles. The number of hydrogen-bond acceptors (Lipinski definition) is 8. The van der Waals surface area contributed by atoms with E-state index in [4.69, 9.17) is 15.2 Å². The highest BCUT2D eigenvalue weighted by Gasteiger charge is 2.17. The number of ether oxygens (including phenoxy) is 2. The van der Waals surface area contributed by atoms with E-state index in [0.29, 0.717) is 37.1 Å². The first-order valence-corrected chi connectivity index (χ1v) is 13.3. The number of anilines is 3. The van der Waals surface area contributed by atoms with Gasteiger partial charge in [-0.2, -0.15) is 0 Å². The first kappa shape index (κ1) is 26.0. The molecule has 1 unspecified atom stereocenters. The van der Waals surface area contributed by atoms with Crippen molar-refractivity contribution < 1.29 is 13.7 Å². The lowest BCUT2D eigenvalue weighted by molar-refractivity contribution is 0.0259. The van der Waals surface area contributed by atoms with E-state index in [1.807, 2.05) is 62.6 Å². The van der Waals surface area contributed by atoms with Crippen LogP contribution in [0.4, 0.5) is 17.3 Å². The fraction of sp³-hybridized carbons (Fsp3) is 0.385. The van der Waals surface area contributed by atoms with Crippen molar-refractivity contribution in [3.05, 3.63) is 54.7 Å². The molecule has 192 valence electrons. The van der Waals surface area contributed by atoms with Crippen molar-refractivity contribution in [1.29, 1.82) is 0 Å². The summed E-state index contributed by atoms with van der Waals surface area (Å²) >= 11 is 0. The number of aromatic nitrogens is 2. The van der Waals surface area contributed by atoms with Gasteiger partial charge in [-0.25, -0.2) is 18.9 Å². The Morgan fingerprint density at radius 1 is 1.14 bits per heavy atom. The molecule has 36 heavy (non-hydrogen) atoms. The zero-order valence-electron chi connectivity index (χ0n) is 20.8. The monoisotopic (exact) mass is 510 g/mol. The number of nitrogens with one attached hydrogen (secondary N) is 2. The van der Waals surface area contributed by atoms with Gasteiger partial charge in [-0.05, 0) is 75.6 Å². The van der Waals surface area contributed by atoms with E-state index in [0.717, 1.165) is 47.6 Å². The first-order chi connectivity index (χ1) is 17.5. The van der Waals surface area contributed by atoms with Crippen LogP contribution >= 0.6 is 0 Å². The minimum atomic E-state index is -1.24. The van der Waals surface area contributed by atoms with Gasteiger partial charge in [0, 0.05) is 36.8 Å². The van der Waals surface area contributed by atoms with Gasteiger partial charge in [-0.3, -0.25) is 0 Å². The molecule has 4 rings (SSSR count). The van der Waals surface area contributed by atoms with Gasteiger partial charge in [0.2, 0.25) is 5.95 Å². The standard InChI is InChI=1S/C26H34N6O3S/c1-32(2)15-3-13-29-36(33)22-7-5-20(6-8-22)30-26-28-14-10-24(31-26)19-4-9-25(23(27)18-19)35-21-11-16-34-17-12-21/h4-10,14,18,21,29H,3,11-13,15-17,27H2,1-2H3,(H,28,30,31). The highest BCUT2D eigenvalue weighted by atomic mass is 32.2. The van der Waals surface area contributed by atoms with Crippen LogP contribution in [-0.2, 0) is 15.7 Å². The fourth-order valence-corrected chi connectivity index (χ4v) is 4.68. The van der Waals surface area contributed by atoms with Gasteiger partial charge >= 0.3 is 0 Å². The van der Waals surface area contributed by atoms with Gasteiger partial charge in [0.25, 0.3) is 0 Å². The van der Waals surface area contributed by atoms with Crippen molar-refractivity contribution in [2.75, 3.05) is 51.4 Å². The molecule has 0 radical (unpaired) electrons. The SMILES string of the molecule is CN(C)CCCNS(=O)c1ccc(Nc2nccc(-c3ccc(OC4CCOCC4)c(N)c3)n2)cc1. The highest BCUT2D eigenvalue weighted by molar-refractivity contribution is 7.83. The lowest BCUT2D eigenvalue weighted by Crippen LogP contribution is -2.26. The van der Waals surface area contributed by atoms with Crippen molar-refractivity contribution in [2.45, 2.75) is 30.3 Å². The molecule has 1 fully saturated rings. The van der Waals surface area contributed by atoms with E-state index in [2.05, 4.69) is 24.9 Å². The van der Waals surface area contributed by atoms with Crippen LogP contribution in [0.5, 0.6) is 5.75 Å². The summed E-state index contributed by atoms with van der Waals surface area (Å²) in [5, 5.41) is 3.21. The molecule has 3 aromatic rings. The predicted molar refractivity (Wildman–Crippen MR) is 144 cm³/mol. The molecule has 1 saturated heterocycles. The second-order valence-corrected chi connectivity index (χ2v) is 10.2. The normalized spacial score (nSPS) is 15.1. The predicted octanol–water partition coefficient (Wildman–Crippen LogP) is 3.59. The zero-order chi connectivity index (χ0) is 25.3. The summed E-state index contributed by atoms with van der Waals surface area (Å²) in [4.78, 5) is 11.8. The topological polar surface area (TPSA) is 115 Å². The number of nitrogen functional groups attached to an aromatic ring is 1. The third-order valence-electron chi connectivity index (χ3n) is 5.76. The number of benzene rings is 2. The van der Waals surface area contributed by atoms with E-state index in [-0.39, 0.29) is 6.10 Å². The lowest BCUT2D eigenvalue weighted by atomic mass is 10.1. The Hall–Kier alpha value is -3.05. The molecular formula is C26H34N6O3S. The van der Waals surface area contributed by atoms with Crippen LogP contribution in [0.3, 0.4) is 0 Å². The van der Waals surface area contributed by atoms with Crippen molar-refractivity contribution in [1.82, 2.24) is 19.6 Å². The average molecular weight is 511 g/mol. The summed E-state index contributed by atoms with van der Waals surface area (Å²) in [5.41, 5.74) is 9.29. The van der Waals surface area contributed by atoms with Crippen LogP contribution in [0.1, 0.15) is 19.3 Å². The molecule has 10 heteroatoms. The minimum Gasteiger partial charge on any atom is -0.488 e. The summed E-state index contributed by atoms with van der Waals surface area (Å²) in [6.45, 7) is 3.08. The molecule has 2 heterocycles. The molecular weight excluding hydrogens is 476 g/mol. The molecule has 0 spiro atoms. The molecule has 9 nitrogen and oxygen atoms in total. The Kier molecular flexibility index (Phi) is 9.23. The first-order valence-electron chi connectivity index (χ1n) is 12.1. The zero-order valence-corrected chi connectivity index (χ0v) is 21.6. The summed E-state index contributed by atoms with van der Waals surface area (Å²) in [6, 6.07) is 15.0. The van der Waals surface area contributed by atoms with Gasteiger partial charge in [0.05, 0.1) is 29.5 Å². The molecule has 4 N–H and O–H groups in total. The van der Waals surface area contributed by atoms with Crippen LogP contribution in [-0.4, -0.2) is 65.6 Å². The molecule has 1 atom stereocenters. The maximum absolute atomic E-state index is 12.4. The van der Waals surface area contributed by atoms with Crippen molar-refractivity contribution in [3.63, 3.8) is 0 Å². The number of hydrogen-bond donors (Lipinski definition) is 3. The Balaban J connectivity index is 1.36. The maximum Gasteiger partial charge on any atom is 0.227 e. The summed E-state index contributed by atoms with van der Waals surface area (Å²) in [7, 11) is 2.81. The summed E-state index contributed by atoms with van der Waals surface area (Å²) in [6.07, 6.45) is 4.50. The Labute approximate surface area is 215 Å².